The van der Waals surface area contributed by atoms with Gasteiger partial charge in [-0.15, -0.1) is 0 Å². The number of aryl methyl sites for hydroxylation is 1. The lowest BCUT2D eigenvalue weighted by atomic mass is 10.1. The molecule has 2 nitrogen and oxygen atoms in total. The first-order valence-corrected chi connectivity index (χ1v) is 8.80. The van der Waals surface area contributed by atoms with Gasteiger partial charge in [-0.25, -0.2) is 4.98 Å². The molecule has 1 aromatic carbocycles. The Kier molecular flexibility index (Phi) is 7.53. The SMILES string of the molecule is C=C(NCC/C(=C\C#Cc1cccc(C)n1)CCC)c1ccccc1. The second-order valence-corrected chi connectivity index (χ2v) is 6.01. The molecule has 0 aliphatic carbocycles. The van der Waals surface area contributed by atoms with Crippen molar-refractivity contribution in [2.75, 3.05) is 6.54 Å². The molecule has 0 aliphatic heterocycles. The minimum atomic E-state index is 0.822. The second kappa shape index (κ2) is 10.2. The van der Waals surface area contributed by atoms with Gasteiger partial charge in [0.15, 0.2) is 0 Å². The van der Waals surface area contributed by atoms with E-state index in [4.69, 9.17) is 0 Å². The second-order valence-electron chi connectivity index (χ2n) is 6.01. The molecule has 0 radical (unpaired) electrons. The molecule has 0 fully saturated rings. The molecule has 1 N–H and O–H groups in total. The van der Waals surface area contributed by atoms with Gasteiger partial charge in [0.25, 0.3) is 0 Å². The summed E-state index contributed by atoms with van der Waals surface area (Å²) in [6, 6.07) is 16.1. The van der Waals surface area contributed by atoms with Crippen molar-refractivity contribution in [3.63, 3.8) is 0 Å². The lowest BCUT2D eigenvalue weighted by molar-refractivity contribution is 0.780. The van der Waals surface area contributed by atoms with Crippen molar-refractivity contribution in [3.8, 4) is 11.8 Å². The van der Waals surface area contributed by atoms with E-state index >= 15 is 0 Å². The molecule has 0 saturated carbocycles. The summed E-state index contributed by atoms with van der Waals surface area (Å²) < 4.78 is 0. The standard InChI is InChI=1S/C23H26N2/c1-4-10-21(12-9-16-23-15-8-11-19(2)25-23)17-18-24-20(3)22-13-6-5-7-14-22/h5-8,11-15,24H,3-4,10,17-18H2,1-2H3/b21-12-. The molecule has 0 saturated heterocycles. The van der Waals surface area contributed by atoms with E-state index in [1.165, 1.54) is 5.57 Å². The van der Waals surface area contributed by atoms with Crippen LogP contribution in [-0.2, 0) is 0 Å². The molecule has 1 heterocycles. The molecule has 2 aromatic rings. The number of pyridine rings is 1. The van der Waals surface area contributed by atoms with Gasteiger partial charge in [-0.05, 0) is 49.5 Å². The zero-order valence-corrected chi connectivity index (χ0v) is 15.2. The number of hydrogen-bond donors (Lipinski definition) is 1. The maximum atomic E-state index is 4.41. The van der Waals surface area contributed by atoms with Crippen molar-refractivity contribution in [2.24, 2.45) is 0 Å². The third-order valence-electron chi connectivity index (χ3n) is 3.84. The number of benzene rings is 1. The summed E-state index contributed by atoms with van der Waals surface area (Å²) in [6.45, 7) is 9.15. The van der Waals surface area contributed by atoms with Crippen LogP contribution in [0.5, 0.6) is 0 Å². The molecule has 2 heteroatoms. The summed E-state index contributed by atoms with van der Waals surface area (Å²) in [4.78, 5) is 4.41. The maximum Gasteiger partial charge on any atom is 0.113 e. The number of nitrogens with one attached hydrogen (secondary N) is 1. The normalized spacial score (nSPS) is 10.7. The Morgan fingerprint density at radius 3 is 2.64 bits per heavy atom. The Morgan fingerprint density at radius 2 is 1.92 bits per heavy atom. The van der Waals surface area contributed by atoms with Crippen LogP contribution in [-0.4, -0.2) is 11.5 Å². The number of rotatable bonds is 7. The Labute approximate surface area is 151 Å². The quantitative estimate of drug-likeness (QED) is 0.713. The zero-order chi connectivity index (χ0) is 17.9. The molecular formula is C23H26N2. The lowest BCUT2D eigenvalue weighted by Gasteiger charge is -2.11. The molecule has 2 rings (SSSR count). The van der Waals surface area contributed by atoms with Crippen LogP contribution in [0.15, 0.2) is 66.8 Å². The van der Waals surface area contributed by atoms with Crippen molar-refractivity contribution in [1.29, 1.82) is 0 Å². The van der Waals surface area contributed by atoms with Crippen LogP contribution in [0.4, 0.5) is 0 Å². The minimum Gasteiger partial charge on any atom is -0.385 e. The van der Waals surface area contributed by atoms with E-state index in [-0.39, 0.29) is 0 Å². The molecule has 0 amide bonds. The van der Waals surface area contributed by atoms with Gasteiger partial charge in [-0.2, -0.15) is 0 Å². The van der Waals surface area contributed by atoms with Gasteiger partial charge >= 0.3 is 0 Å². The highest BCUT2D eigenvalue weighted by atomic mass is 14.9. The van der Waals surface area contributed by atoms with Gasteiger partial charge in [-0.1, -0.05) is 67.8 Å². The molecule has 128 valence electrons. The third-order valence-corrected chi connectivity index (χ3v) is 3.84. The van der Waals surface area contributed by atoms with Gasteiger partial charge in [0, 0.05) is 17.9 Å². The first-order valence-electron chi connectivity index (χ1n) is 8.80. The number of hydrogen-bond acceptors (Lipinski definition) is 2. The van der Waals surface area contributed by atoms with Crippen LogP contribution in [0.25, 0.3) is 5.70 Å². The molecule has 25 heavy (non-hydrogen) atoms. The lowest BCUT2D eigenvalue weighted by Crippen LogP contribution is -2.13. The number of nitrogens with zero attached hydrogens (tertiary/aromatic N) is 1. The highest BCUT2D eigenvalue weighted by molar-refractivity contribution is 5.61. The van der Waals surface area contributed by atoms with Crippen LogP contribution in [0.2, 0.25) is 0 Å². The first kappa shape index (κ1) is 18.5. The Balaban J connectivity index is 1.91. The fourth-order valence-electron chi connectivity index (χ4n) is 2.53. The van der Waals surface area contributed by atoms with Crippen molar-refractivity contribution >= 4 is 5.70 Å². The smallest absolute Gasteiger partial charge is 0.113 e. The van der Waals surface area contributed by atoms with Crippen LogP contribution in [0.3, 0.4) is 0 Å². The summed E-state index contributed by atoms with van der Waals surface area (Å²) in [5.74, 6) is 6.28. The van der Waals surface area contributed by atoms with Crippen molar-refractivity contribution in [3.05, 3.63) is 83.7 Å². The number of allylic oxidation sites excluding steroid dienone is 1. The predicted octanol–water partition coefficient (Wildman–Crippen LogP) is 5.12. The van der Waals surface area contributed by atoms with Gasteiger partial charge < -0.3 is 5.32 Å². The van der Waals surface area contributed by atoms with Gasteiger partial charge in [0.1, 0.15) is 5.69 Å². The van der Waals surface area contributed by atoms with Crippen molar-refractivity contribution in [1.82, 2.24) is 10.3 Å². The average Bonchev–Trinajstić information content (AvgIpc) is 2.62. The monoisotopic (exact) mass is 330 g/mol. The van der Waals surface area contributed by atoms with Gasteiger partial charge in [0.05, 0.1) is 0 Å². The van der Waals surface area contributed by atoms with Crippen LogP contribution in [0.1, 0.15) is 43.1 Å². The van der Waals surface area contributed by atoms with E-state index in [2.05, 4.69) is 47.8 Å². The van der Waals surface area contributed by atoms with E-state index in [1.807, 2.05) is 49.4 Å². The van der Waals surface area contributed by atoms with E-state index in [0.717, 1.165) is 48.5 Å². The molecule has 0 aliphatic rings. The van der Waals surface area contributed by atoms with Crippen LogP contribution in [0, 0.1) is 18.8 Å². The fourth-order valence-corrected chi connectivity index (χ4v) is 2.53. The van der Waals surface area contributed by atoms with Crippen LogP contribution < -0.4 is 5.32 Å². The van der Waals surface area contributed by atoms with Crippen molar-refractivity contribution in [2.45, 2.75) is 33.1 Å². The largest absolute Gasteiger partial charge is 0.385 e. The highest BCUT2D eigenvalue weighted by Gasteiger charge is 1.99. The average molecular weight is 330 g/mol. The molecule has 1 aromatic heterocycles. The maximum absolute atomic E-state index is 4.41. The highest BCUT2D eigenvalue weighted by Crippen LogP contribution is 2.11. The minimum absolute atomic E-state index is 0.822. The third kappa shape index (κ3) is 6.69. The predicted molar refractivity (Wildman–Crippen MR) is 107 cm³/mol. The van der Waals surface area contributed by atoms with E-state index in [9.17, 15) is 0 Å². The molecular weight excluding hydrogens is 304 g/mol. The Hall–Kier alpha value is -2.79. The summed E-state index contributed by atoms with van der Waals surface area (Å²) >= 11 is 0. The summed E-state index contributed by atoms with van der Waals surface area (Å²) in [6.07, 6.45) is 5.20. The molecule has 0 unspecified atom stereocenters. The summed E-state index contributed by atoms with van der Waals surface area (Å²) in [5, 5.41) is 3.41. The topological polar surface area (TPSA) is 24.9 Å². The summed E-state index contributed by atoms with van der Waals surface area (Å²) in [7, 11) is 0. The van der Waals surface area contributed by atoms with E-state index in [1.54, 1.807) is 0 Å². The summed E-state index contributed by atoms with van der Waals surface area (Å²) in [5.41, 5.74) is 5.27. The molecule has 0 atom stereocenters. The molecule has 0 spiro atoms. The molecule has 0 bridgehead atoms. The Morgan fingerprint density at radius 1 is 1.12 bits per heavy atom. The van der Waals surface area contributed by atoms with Crippen molar-refractivity contribution < 1.29 is 0 Å². The zero-order valence-electron chi connectivity index (χ0n) is 15.2. The number of aromatic nitrogens is 1. The van der Waals surface area contributed by atoms with Gasteiger partial charge in [0.2, 0.25) is 0 Å². The van der Waals surface area contributed by atoms with Gasteiger partial charge in [-0.3, -0.25) is 0 Å². The van der Waals surface area contributed by atoms with E-state index < -0.39 is 0 Å². The van der Waals surface area contributed by atoms with E-state index in [0.29, 0.717) is 0 Å². The fraction of sp³-hybridized carbons (Fsp3) is 0.261. The van der Waals surface area contributed by atoms with Crippen LogP contribution >= 0.6 is 0 Å². The first-order chi connectivity index (χ1) is 12.2. The Bertz CT molecular complexity index is 776.